The maximum Gasteiger partial charge on any atom is 0.325 e. The van der Waals surface area contributed by atoms with Crippen LogP contribution in [-0.2, 0) is 9.53 Å². The van der Waals surface area contributed by atoms with E-state index in [4.69, 9.17) is 0 Å². The molecule has 0 radical (unpaired) electrons. The summed E-state index contributed by atoms with van der Waals surface area (Å²) < 4.78 is 4.36. The van der Waals surface area contributed by atoms with Crippen LogP contribution in [0.5, 0.6) is 0 Å². The predicted octanol–water partition coefficient (Wildman–Crippen LogP) is 1.02. The minimum Gasteiger partial charge on any atom is -0.468 e. The first-order valence-corrected chi connectivity index (χ1v) is 4.64. The van der Waals surface area contributed by atoms with Crippen LogP contribution in [0.25, 0.3) is 0 Å². The molecule has 0 atom stereocenters. The number of hydrogen-bond acceptors (Lipinski definition) is 3. The van der Waals surface area contributed by atoms with Crippen LogP contribution in [0.2, 0.25) is 0 Å². The molecular formula is C10H18N2O3. The fourth-order valence-electron chi connectivity index (χ4n) is 0.643. The molecule has 2 amide bonds. The molecule has 0 aliphatic carbocycles. The van der Waals surface area contributed by atoms with Gasteiger partial charge in [-0.1, -0.05) is 26.8 Å². The molecule has 0 rings (SSSR count). The van der Waals surface area contributed by atoms with Gasteiger partial charge in [0.25, 0.3) is 0 Å². The Hall–Kier alpha value is -1.52. The number of ether oxygens (including phenoxy) is 1. The van der Waals surface area contributed by atoms with E-state index in [1.54, 1.807) is 6.20 Å². The zero-order chi connectivity index (χ0) is 11.9. The van der Waals surface area contributed by atoms with Gasteiger partial charge in [-0.15, -0.1) is 0 Å². The maximum atomic E-state index is 11.1. The molecule has 0 spiro atoms. The molecule has 0 saturated carbocycles. The minimum atomic E-state index is -0.482. The molecule has 0 aromatic heterocycles. The van der Waals surface area contributed by atoms with E-state index in [-0.39, 0.29) is 12.0 Å². The molecule has 0 saturated heterocycles. The van der Waals surface area contributed by atoms with Crippen molar-refractivity contribution in [2.45, 2.75) is 20.8 Å². The molecule has 0 aromatic rings. The second kappa shape index (κ2) is 6.06. The van der Waals surface area contributed by atoms with Crippen molar-refractivity contribution in [3.63, 3.8) is 0 Å². The Kier molecular flexibility index (Phi) is 5.44. The minimum absolute atomic E-state index is 0.00955. The van der Waals surface area contributed by atoms with Gasteiger partial charge in [0.05, 0.1) is 7.11 Å². The van der Waals surface area contributed by atoms with Gasteiger partial charge in [-0.3, -0.25) is 4.79 Å². The van der Waals surface area contributed by atoms with Gasteiger partial charge in [-0.25, -0.2) is 4.79 Å². The largest absolute Gasteiger partial charge is 0.468 e. The monoisotopic (exact) mass is 214 g/mol. The number of methoxy groups -OCH3 is 1. The van der Waals surface area contributed by atoms with Crippen molar-refractivity contribution >= 4 is 12.0 Å². The fourth-order valence-corrected chi connectivity index (χ4v) is 0.643. The van der Waals surface area contributed by atoms with E-state index in [0.29, 0.717) is 0 Å². The van der Waals surface area contributed by atoms with Gasteiger partial charge in [0.1, 0.15) is 6.54 Å². The fraction of sp³-hybridized carbons (Fsp3) is 0.600. The summed E-state index contributed by atoms with van der Waals surface area (Å²) in [6.07, 6.45) is 3.40. The molecule has 5 heteroatoms. The lowest BCUT2D eigenvalue weighted by molar-refractivity contribution is -0.139. The first kappa shape index (κ1) is 13.5. The Morgan fingerprint density at radius 2 is 1.93 bits per heavy atom. The van der Waals surface area contributed by atoms with Crippen LogP contribution in [0.3, 0.4) is 0 Å². The molecule has 0 unspecified atom stereocenters. The average Bonchev–Trinajstić information content (AvgIpc) is 2.12. The van der Waals surface area contributed by atoms with Gasteiger partial charge < -0.3 is 15.4 Å². The third-order valence-electron chi connectivity index (χ3n) is 1.42. The van der Waals surface area contributed by atoms with E-state index in [1.165, 1.54) is 7.11 Å². The highest BCUT2D eigenvalue weighted by atomic mass is 16.5. The lowest BCUT2D eigenvalue weighted by Crippen LogP contribution is -2.36. The molecule has 0 aromatic carbocycles. The highest BCUT2D eigenvalue weighted by Gasteiger charge is 2.05. The summed E-state index contributed by atoms with van der Waals surface area (Å²) in [6, 6.07) is -0.430. The van der Waals surface area contributed by atoms with Crippen LogP contribution < -0.4 is 10.6 Å². The molecule has 0 aliphatic rings. The standard InChI is InChI=1S/C10H18N2O3/c1-10(2,3)5-6-11-9(14)12-7-8(13)15-4/h5-6H,7H2,1-4H3,(H2,11,12,14)/b6-5+. The number of nitrogens with one attached hydrogen (secondary N) is 2. The van der Waals surface area contributed by atoms with Crippen molar-refractivity contribution in [2.75, 3.05) is 13.7 Å². The van der Waals surface area contributed by atoms with Crippen molar-refractivity contribution < 1.29 is 14.3 Å². The quantitative estimate of drug-likeness (QED) is 0.689. The van der Waals surface area contributed by atoms with E-state index < -0.39 is 12.0 Å². The van der Waals surface area contributed by atoms with Crippen LogP contribution in [0.1, 0.15) is 20.8 Å². The summed E-state index contributed by atoms with van der Waals surface area (Å²) >= 11 is 0. The zero-order valence-corrected chi connectivity index (χ0v) is 9.59. The lowest BCUT2D eigenvalue weighted by atomic mass is 9.97. The molecule has 0 bridgehead atoms. The smallest absolute Gasteiger partial charge is 0.325 e. The SMILES string of the molecule is COC(=O)CNC(=O)N/C=C/C(C)(C)C. The zero-order valence-electron chi connectivity index (χ0n) is 9.59. The number of carbonyl (C=O) groups excluding carboxylic acids is 2. The summed E-state index contributed by atoms with van der Waals surface area (Å²) in [7, 11) is 1.27. The highest BCUT2D eigenvalue weighted by Crippen LogP contribution is 2.13. The van der Waals surface area contributed by atoms with Crippen molar-refractivity contribution in [1.82, 2.24) is 10.6 Å². The summed E-state index contributed by atoms with van der Waals surface area (Å²) in [4.78, 5) is 21.7. The average molecular weight is 214 g/mol. The number of carbonyl (C=O) groups is 2. The van der Waals surface area contributed by atoms with Gasteiger partial charge >= 0.3 is 12.0 Å². The van der Waals surface area contributed by atoms with Crippen LogP contribution in [0.4, 0.5) is 4.79 Å². The Morgan fingerprint density at radius 1 is 1.33 bits per heavy atom. The van der Waals surface area contributed by atoms with E-state index in [0.717, 1.165) is 0 Å². The third-order valence-corrected chi connectivity index (χ3v) is 1.42. The Labute approximate surface area is 89.9 Å². The summed E-state index contributed by atoms with van der Waals surface area (Å²) in [5.74, 6) is -0.482. The van der Waals surface area contributed by atoms with Crippen molar-refractivity contribution in [3.05, 3.63) is 12.3 Å². The molecular weight excluding hydrogens is 196 g/mol. The molecule has 0 fully saturated rings. The molecule has 0 aliphatic heterocycles. The topological polar surface area (TPSA) is 67.4 Å². The van der Waals surface area contributed by atoms with Gasteiger partial charge in [0.2, 0.25) is 0 Å². The Bertz CT molecular complexity index is 254. The molecule has 15 heavy (non-hydrogen) atoms. The van der Waals surface area contributed by atoms with Crippen LogP contribution in [0.15, 0.2) is 12.3 Å². The van der Waals surface area contributed by atoms with Crippen LogP contribution >= 0.6 is 0 Å². The maximum absolute atomic E-state index is 11.1. The van der Waals surface area contributed by atoms with Gasteiger partial charge in [-0.2, -0.15) is 0 Å². The number of amides is 2. The summed E-state index contributed by atoms with van der Waals surface area (Å²) in [6.45, 7) is 5.90. The first-order chi connectivity index (χ1) is 6.85. The molecule has 0 heterocycles. The molecule has 86 valence electrons. The summed E-state index contributed by atoms with van der Waals surface area (Å²) in [5, 5.41) is 4.82. The lowest BCUT2D eigenvalue weighted by Gasteiger charge is -2.11. The van der Waals surface area contributed by atoms with Gasteiger partial charge in [-0.05, 0) is 5.41 Å². The Morgan fingerprint density at radius 3 is 2.40 bits per heavy atom. The normalized spacial score (nSPS) is 11.2. The van der Waals surface area contributed by atoms with Crippen molar-refractivity contribution in [2.24, 2.45) is 5.41 Å². The van der Waals surface area contributed by atoms with Crippen molar-refractivity contribution in [1.29, 1.82) is 0 Å². The van der Waals surface area contributed by atoms with E-state index in [9.17, 15) is 9.59 Å². The predicted molar refractivity (Wildman–Crippen MR) is 57.1 cm³/mol. The van der Waals surface area contributed by atoms with E-state index >= 15 is 0 Å². The molecule has 5 nitrogen and oxygen atoms in total. The van der Waals surface area contributed by atoms with Crippen LogP contribution in [0, 0.1) is 5.41 Å². The Balaban J connectivity index is 3.76. The first-order valence-electron chi connectivity index (χ1n) is 4.64. The number of allylic oxidation sites excluding steroid dienone is 1. The second-order valence-corrected chi connectivity index (χ2v) is 4.10. The van der Waals surface area contributed by atoms with E-state index in [1.807, 2.05) is 26.8 Å². The summed E-state index contributed by atoms with van der Waals surface area (Å²) in [5.41, 5.74) is 0.00955. The number of hydrogen-bond donors (Lipinski definition) is 2. The van der Waals surface area contributed by atoms with Crippen molar-refractivity contribution in [3.8, 4) is 0 Å². The number of rotatable bonds is 3. The van der Waals surface area contributed by atoms with E-state index in [2.05, 4.69) is 15.4 Å². The van der Waals surface area contributed by atoms with Gasteiger partial charge in [0.15, 0.2) is 0 Å². The molecule has 2 N–H and O–H groups in total. The highest BCUT2D eigenvalue weighted by molar-refractivity contribution is 5.81. The number of urea groups is 1. The number of esters is 1. The third kappa shape index (κ3) is 8.80. The van der Waals surface area contributed by atoms with Crippen LogP contribution in [-0.4, -0.2) is 25.7 Å². The second-order valence-electron chi connectivity index (χ2n) is 4.10. The van der Waals surface area contributed by atoms with Gasteiger partial charge in [0, 0.05) is 6.20 Å².